The Balaban J connectivity index is 1.48. The molecule has 2 saturated heterocycles. The summed E-state index contributed by atoms with van der Waals surface area (Å²) in [6, 6.07) is 9.45. The fraction of sp³-hybridized carbons (Fsp3) is 0.594. The molecule has 0 bridgehead atoms. The maximum atomic E-state index is 14.4. The molecule has 1 N–H and O–H groups in total. The fourth-order valence-electron chi connectivity index (χ4n) is 7.11. The Labute approximate surface area is 242 Å². The number of carbonyl (C=O) groups excluding carboxylic acids is 3. The molecule has 8 heteroatoms. The lowest BCUT2D eigenvalue weighted by atomic mass is 9.78. The largest absolute Gasteiger partial charge is 0.396 e. The molecule has 1 aromatic carbocycles. The van der Waals surface area contributed by atoms with E-state index in [1.54, 1.807) is 11.8 Å². The maximum Gasteiger partial charge on any atom is 0.247 e. The first-order valence-corrected chi connectivity index (χ1v) is 15.9. The van der Waals surface area contributed by atoms with Gasteiger partial charge in [0.1, 0.15) is 6.04 Å². The fourth-order valence-corrected chi connectivity index (χ4v) is 9.12. The summed E-state index contributed by atoms with van der Waals surface area (Å²) in [5, 5.41) is 9.03. The summed E-state index contributed by atoms with van der Waals surface area (Å²) < 4.78 is -0.759. The zero-order valence-electron chi connectivity index (χ0n) is 23.8. The van der Waals surface area contributed by atoms with E-state index in [4.69, 9.17) is 0 Å². The topological polar surface area (TPSA) is 81.2 Å². The zero-order chi connectivity index (χ0) is 28.3. The summed E-state index contributed by atoms with van der Waals surface area (Å²) in [6.07, 6.45) is 13.5. The van der Waals surface area contributed by atoms with Gasteiger partial charge in [0.2, 0.25) is 17.7 Å². The van der Waals surface area contributed by atoms with E-state index in [-0.39, 0.29) is 35.6 Å². The van der Waals surface area contributed by atoms with E-state index in [1.807, 2.05) is 45.0 Å². The summed E-state index contributed by atoms with van der Waals surface area (Å²) in [5.41, 5.74) is 1.06. The third kappa shape index (κ3) is 5.25. The third-order valence-electron chi connectivity index (χ3n) is 9.04. The normalized spacial score (nSPS) is 30.3. The molecule has 1 spiro atoms. The van der Waals surface area contributed by atoms with Crippen molar-refractivity contribution < 1.29 is 19.5 Å². The molecule has 40 heavy (non-hydrogen) atoms. The van der Waals surface area contributed by atoms with Gasteiger partial charge < -0.3 is 19.8 Å². The van der Waals surface area contributed by atoms with Crippen LogP contribution in [0.4, 0.5) is 0 Å². The Hall–Kier alpha value is -2.58. The average Bonchev–Trinajstić information content (AvgIpc) is 3.26. The van der Waals surface area contributed by atoms with Crippen molar-refractivity contribution in [1.82, 2.24) is 14.7 Å². The van der Waals surface area contributed by atoms with Crippen LogP contribution in [-0.4, -0.2) is 85.8 Å². The number of aliphatic hydroxyl groups excluding tert-OH is 1. The minimum absolute atomic E-state index is 0.00595. The minimum Gasteiger partial charge on any atom is -0.396 e. The Morgan fingerprint density at radius 2 is 1.77 bits per heavy atom. The first-order valence-electron chi connectivity index (χ1n) is 15.0. The molecule has 2 fully saturated rings. The molecule has 0 saturated carbocycles. The van der Waals surface area contributed by atoms with E-state index in [2.05, 4.69) is 38.2 Å². The van der Waals surface area contributed by atoms with Gasteiger partial charge in [-0.15, -0.1) is 11.8 Å². The molecule has 3 amide bonds. The van der Waals surface area contributed by atoms with Gasteiger partial charge in [-0.25, -0.2) is 0 Å². The van der Waals surface area contributed by atoms with Gasteiger partial charge >= 0.3 is 0 Å². The van der Waals surface area contributed by atoms with Gasteiger partial charge in [0.25, 0.3) is 0 Å². The molecule has 1 aromatic rings. The van der Waals surface area contributed by atoms with Crippen LogP contribution >= 0.6 is 11.8 Å². The zero-order valence-corrected chi connectivity index (χ0v) is 24.6. The number of rotatable bonds is 11. The summed E-state index contributed by atoms with van der Waals surface area (Å²) in [6.45, 7) is 6.44. The standard InChI is InChI=1S/C32H43N3O4S/c1-3-13-23(2)34-20-12-17-32-27(30(38)35(28(32)31(34)39)19-9-4-5-10-21-36)26-25(40-32)16-11-18-33(29(26)37)22-24-14-7-6-8-15-24/h6-8,11-12,14-17,23,25-28,36H,3-5,9-10,13,18-22H2,1-2H3/t23?,25-,26+,27-,28?,32-/m0/s1. The van der Waals surface area contributed by atoms with E-state index in [0.717, 1.165) is 44.1 Å². The van der Waals surface area contributed by atoms with Crippen LogP contribution in [-0.2, 0) is 20.9 Å². The number of nitrogens with zero attached hydrogens (tertiary/aromatic N) is 3. The molecule has 4 aliphatic rings. The van der Waals surface area contributed by atoms with Crippen LogP contribution in [0.15, 0.2) is 54.6 Å². The van der Waals surface area contributed by atoms with Crippen LogP contribution in [0, 0.1) is 11.8 Å². The Bertz CT molecular complexity index is 1140. The van der Waals surface area contributed by atoms with Crippen molar-refractivity contribution in [2.75, 3.05) is 26.2 Å². The summed E-state index contributed by atoms with van der Waals surface area (Å²) in [5.74, 6) is -1.11. The maximum absolute atomic E-state index is 14.4. The molecule has 6 atom stereocenters. The number of amides is 3. The Morgan fingerprint density at radius 1 is 1.00 bits per heavy atom. The summed E-state index contributed by atoms with van der Waals surface area (Å²) in [7, 11) is 0. The number of benzene rings is 1. The summed E-state index contributed by atoms with van der Waals surface area (Å²) >= 11 is 1.66. The molecule has 4 aliphatic heterocycles. The second-order valence-corrected chi connectivity index (χ2v) is 13.2. The van der Waals surface area contributed by atoms with Gasteiger partial charge in [-0.05, 0) is 31.7 Å². The van der Waals surface area contributed by atoms with Crippen molar-refractivity contribution in [2.45, 2.75) is 81.0 Å². The highest BCUT2D eigenvalue weighted by molar-refractivity contribution is 8.02. The van der Waals surface area contributed by atoms with Crippen LogP contribution in [0.3, 0.4) is 0 Å². The highest BCUT2D eigenvalue weighted by Gasteiger charge is 2.71. The van der Waals surface area contributed by atoms with Crippen LogP contribution in [0.25, 0.3) is 0 Å². The quantitative estimate of drug-likeness (QED) is 0.324. The lowest BCUT2D eigenvalue weighted by molar-refractivity contribution is -0.145. The summed E-state index contributed by atoms with van der Waals surface area (Å²) in [4.78, 5) is 48.6. The molecule has 0 aromatic heterocycles. The van der Waals surface area contributed by atoms with Gasteiger partial charge in [0, 0.05) is 44.1 Å². The second-order valence-electron chi connectivity index (χ2n) is 11.7. The van der Waals surface area contributed by atoms with Gasteiger partial charge in [-0.1, -0.05) is 80.8 Å². The SMILES string of the molecule is CCCC(C)N1CC=C[C@]23S[C@H]4C=CCN(Cc5ccccc5)C(=O)[C@H]4[C@H]2C(=O)N(CCCCCCO)C3C1=O. The third-order valence-corrected chi connectivity index (χ3v) is 10.8. The molecule has 216 valence electrons. The van der Waals surface area contributed by atoms with E-state index in [0.29, 0.717) is 26.2 Å². The minimum atomic E-state index is -0.759. The van der Waals surface area contributed by atoms with Crippen molar-refractivity contribution >= 4 is 29.5 Å². The highest BCUT2D eigenvalue weighted by atomic mass is 32.2. The predicted octanol–water partition coefficient (Wildman–Crippen LogP) is 4.02. The number of thioether (sulfide) groups is 1. The van der Waals surface area contributed by atoms with E-state index in [9.17, 15) is 19.5 Å². The number of unbranched alkanes of at least 4 members (excludes halogenated alkanes) is 3. The Morgan fingerprint density at radius 3 is 2.52 bits per heavy atom. The second kappa shape index (κ2) is 12.5. The lowest BCUT2D eigenvalue weighted by Crippen LogP contribution is -2.55. The van der Waals surface area contributed by atoms with Crippen molar-refractivity contribution in [3.8, 4) is 0 Å². The Kier molecular flexibility index (Phi) is 9.05. The first-order chi connectivity index (χ1) is 19.4. The van der Waals surface area contributed by atoms with E-state index < -0.39 is 22.6 Å². The van der Waals surface area contributed by atoms with Crippen molar-refractivity contribution in [3.63, 3.8) is 0 Å². The van der Waals surface area contributed by atoms with E-state index in [1.165, 1.54) is 0 Å². The molecular weight excluding hydrogens is 522 g/mol. The van der Waals surface area contributed by atoms with Gasteiger partial charge in [-0.3, -0.25) is 14.4 Å². The van der Waals surface area contributed by atoms with Crippen LogP contribution in [0.5, 0.6) is 0 Å². The molecule has 0 radical (unpaired) electrons. The predicted molar refractivity (Wildman–Crippen MR) is 158 cm³/mol. The lowest BCUT2D eigenvalue weighted by Gasteiger charge is -2.37. The van der Waals surface area contributed by atoms with Crippen LogP contribution < -0.4 is 0 Å². The molecule has 0 aliphatic carbocycles. The van der Waals surface area contributed by atoms with Crippen LogP contribution in [0.2, 0.25) is 0 Å². The van der Waals surface area contributed by atoms with Gasteiger partial charge in [-0.2, -0.15) is 0 Å². The van der Waals surface area contributed by atoms with Crippen molar-refractivity contribution in [2.24, 2.45) is 11.8 Å². The number of aliphatic hydroxyl groups is 1. The molecule has 7 nitrogen and oxygen atoms in total. The van der Waals surface area contributed by atoms with E-state index >= 15 is 0 Å². The monoisotopic (exact) mass is 565 g/mol. The molecule has 2 unspecified atom stereocenters. The number of likely N-dealkylation sites (tertiary alicyclic amines) is 1. The number of carbonyl (C=O) groups is 3. The van der Waals surface area contributed by atoms with Crippen molar-refractivity contribution in [3.05, 3.63) is 60.2 Å². The number of fused-ring (bicyclic) bond motifs is 2. The van der Waals surface area contributed by atoms with Gasteiger partial charge in [0.05, 0.1) is 16.6 Å². The molecule has 4 heterocycles. The molecule has 5 rings (SSSR count). The first kappa shape index (κ1) is 28.9. The number of hydrogen-bond acceptors (Lipinski definition) is 5. The van der Waals surface area contributed by atoms with Crippen molar-refractivity contribution in [1.29, 1.82) is 0 Å². The van der Waals surface area contributed by atoms with Gasteiger partial charge in [0.15, 0.2) is 0 Å². The number of hydrogen-bond donors (Lipinski definition) is 1. The average molecular weight is 566 g/mol. The molecular formula is C32H43N3O4S. The van der Waals surface area contributed by atoms with Crippen LogP contribution in [0.1, 0.15) is 57.9 Å². The highest BCUT2D eigenvalue weighted by Crippen LogP contribution is 2.61. The smallest absolute Gasteiger partial charge is 0.247 e.